The zero-order chi connectivity index (χ0) is 12.5. The number of fused-ring (bicyclic) bond motifs is 1. The Morgan fingerprint density at radius 2 is 2.22 bits per heavy atom. The summed E-state index contributed by atoms with van der Waals surface area (Å²) in [5.41, 5.74) is 1.20. The minimum atomic E-state index is 0.0200. The number of hydrogen-bond donors (Lipinski definition) is 1. The maximum atomic E-state index is 12.0. The molecular formula is C13H19N3OS. The Morgan fingerprint density at radius 3 is 3.00 bits per heavy atom. The molecule has 0 spiro atoms. The number of carbonyl (C=O) groups is 1. The Kier molecular flexibility index (Phi) is 3.24. The molecule has 1 aromatic heterocycles. The molecule has 0 radical (unpaired) electrons. The van der Waals surface area contributed by atoms with Crippen LogP contribution in [-0.2, 0) is 12.8 Å². The summed E-state index contributed by atoms with van der Waals surface area (Å²) >= 11 is 1.66. The Hall–Kier alpha value is -1.10. The third-order valence-corrected chi connectivity index (χ3v) is 4.83. The van der Waals surface area contributed by atoms with Crippen LogP contribution in [0.4, 0.5) is 9.93 Å². The molecule has 3 rings (SSSR count). The average molecular weight is 265 g/mol. The van der Waals surface area contributed by atoms with E-state index in [4.69, 9.17) is 0 Å². The van der Waals surface area contributed by atoms with Crippen LogP contribution in [0.3, 0.4) is 0 Å². The molecule has 98 valence electrons. The van der Waals surface area contributed by atoms with Crippen LogP contribution in [0, 0.1) is 5.92 Å². The van der Waals surface area contributed by atoms with Crippen molar-refractivity contribution in [2.24, 2.45) is 5.92 Å². The van der Waals surface area contributed by atoms with Gasteiger partial charge in [0.2, 0.25) is 0 Å². The second kappa shape index (κ2) is 4.88. The summed E-state index contributed by atoms with van der Waals surface area (Å²) < 4.78 is 0. The summed E-state index contributed by atoms with van der Waals surface area (Å²) in [5, 5.41) is 3.73. The topological polar surface area (TPSA) is 45.2 Å². The van der Waals surface area contributed by atoms with E-state index in [2.05, 4.69) is 17.2 Å². The summed E-state index contributed by atoms with van der Waals surface area (Å²) in [6, 6.07) is 0.0200. The number of amides is 2. The van der Waals surface area contributed by atoms with Gasteiger partial charge in [-0.05, 0) is 38.0 Å². The summed E-state index contributed by atoms with van der Waals surface area (Å²) in [6.45, 7) is 4.05. The van der Waals surface area contributed by atoms with Crippen LogP contribution in [-0.4, -0.2) is 29.0 Å². The number of thiazole rings is 1. The second-order valence-electron chi connectivity index (χ2n) is 5.36. The molecule has 1 unspecified atom stereocenters. The highest BCUT2D eigenvalue weighted by Gasteiger charge is 2.22. The molecule has 18 heavy (non-hydrogen) atoms. The van der Waals surface area contributed by atoms with Crippen molar-refractivity contribution in [2.75, 3.05) is 18.4 Å². The Bertz CT molecular complexity index is 451. The lowest BCUT2D eigenvalue weighted by Crippen LogP contribution is -2.32. The first-order chi connectivity index (χ1) is 8.72. The van der Waals surface area contributed by atoms with E-state index < -0.39 is 0 Å². The lowest BCUT2D eigenvalue weighted by Gasteiger charge is -2.15. The average Bonchev–Trinajstić information content (AvgIpc) is 2.95. The molecule has 2 heterocycles. The van der Waals surface area contributed by atoms with E-state index >= 15 is 0 Å². The molecule has 2 aliphatic rings. The third kappa shape index (κ3) is 2.36. The molecular weight excluding hydrogens is 246 g/mol. The van der Waals surface area contributed by atoms with E-state index in [9.17, 15) is 4.79 Å². The fraction of sp³-hybridized carbons (Fsp3) is 0.692. The monoisotopic (exact) mass is 265 g/mol. The van der Waals surface area contributed by atoms with Gasteiger partial charge in [-0.3, -0.25) is 5.32 Å². The number of rotatable bonds is 1. The normalized spacial score (nSPS) is 22.9. The van der Waals surface area contributed by atoms with Crippen molar-refractivity contribution in [3.05, 3.63) is 10.6 Å². The summed E-state index contributed by atoms with van der Waals surface area (Å²) in [4.78, 5) is 19.8. The molecule has 1 aromatic rings. The van der Waals surface area contributed by atoms with Crippen molar-refractivity contribution in [1.29, 1.82) is 0 Å². The number of anilines is 1. The summed E-state index contributed by atoms with van der Waals surface area (Å²) in [7, 11) is 0. The first kappa shape index (κ1) is 12.0. The second-order valence-corrected chi connectivity index (χ2v) is 6.44. The number of carbonyl (C=O) groups excluding carboxylic acids is 1. The molecule has 1 aliphatic carbocycles. The quantitative estimate of drug-likeness (QED) is 0.848. The number of likely N-dealkylation sites (tertiary alicyclic amines) is 1. The van der Waals surface area contributed by atoms with Crippen LogP contribution >= 0.6 is 11.3 Å². The molecule has 1 fully saturated rings. The highest BCUT2D eigenvalue weighted by Crippen LogP contribution is 2.32. The molecule has 0 bridgehead atoms. The number of aryl methyl sites for hydroxylation is 1. The minimum Gasteiger partial charge on any atom is -0.324 e. The smallest absolute Gasteiger partial charge is 0.323 e. The number of aromatic nitrogens is 1. The van der Waals surface area contributed by atoms with Gasteiger partial charge in [0, 0.05) is 18.0 Å². The van der Waals surface area contributed by atoms with Gasteiger partial charge in [0.25, 0.3) is 0 Å². The lowest BCUT2D eigenvalue weighted by molar-refractivity contribution is 0.222. The lowest BCUT2D eigenvalue weighted by atomic mass is 9.93. The van der Waals surface area contributed by atoms with Crippen LogP contribution in [0.25, 0.3) is 0 Å². The van der Waals surface area contributed by atoms with Gasteiger partial charge in [0.1, 0.15) is 0 Å². The van der Waals surface area contributed by atoms with Gasteiger partial charge in [-0.1, -0.05) is 6.92 Å². The third-order valence-electron chi connectivity index (χ3n) is 3.79. The van der Waals surface area contributed by atoms with E-state index in [1.54, 1.807) is 11.3 Å². The Balaban J connectivity index is 1.68. The van der Waals surface area contributed by atoms with Gasteiger partial charge in [-0.15, -0.1) is 11.3 Å². The zero-order valence-corrected chi connectivity index (χ0v) is 11.6. The van der Waals surface area contributed by atoms with Crippen molar-refractivity contribution in [3.8, 4) is 0 Å². The van der Waals surface area contributed by atoms with Gasteiger partial charge >= 0.3 is 6.03 Å². The van der Waals surface area contributed by atoms with Crippen LogP contribution < -0.4 is 5.32 Å². The highest BCUT2D eigenvalue weighted by molar-refractivity contribution is 7.15. The van der Waals surface area contributed by atoms with E-state index in [1.165, 1.54) is 17.0 Å². The fourth-order valence-electron chi connectivity index (χ4n) is 2.68. The van der Waals surface area contributed by atoms with E-state index in [1.807, 2.05) is 4.90 Å². The van der Waals surface area contributed by atoms with Crippen molar-refractivity contribution in [1.82, 2.24) is 9.88 Å². The van der Waals surface area contributed by atoms with Crippen LogP contribution in [0.2, 0.25) is 0 Å². The van der Waals surface area contributed by atoms with Gasteiger partial charge in [0.05, 0.1) is 5.69 Å². The molecule has 0 saturated carbocycles. The van der Waals surface area contributed by atoms with Crippen molar-refractivity contribution >= 4 is 22.5 Å². The SMILES string of the molecule is CC1CCc2nc(NC(=O)N3CCCC3)sc2C1. The Morgan fingerprint density at radius 1 is 1.44 bits per heavy atom. The largest absolute Gasteiger partial charge is 0.324 e. The molecule has 0 aromatic carbocycles. The predicted molar refractivity (Wildman–Crippen MR) is 73.1 cm³/mol. The molecule has 1 saturated heterocycles. The summed E-state index contributed by atoms with van der Waals surface area (Å²) in [5.74, 6) is 0.750. The minimum absolute atomic E-state index is 0.0200. The van der Waals surface area contributed by atoms with Crippen molar-refractivity contribution in [3.63, 3.8) is 0 Å². The van der Waals surface area contributed by atoms with Crippen LogP contribution in [0.1, 0.15) is 36.8 Å². The number of hydrogen-bond acceptors (Lipinski definition) is 3. The first-order valence-corrected chi connectivity index (χ1v) is 7.58. The number of nitrogens with zero attached hydrogens (tertiary/aromatic N) is 2. The molecule has 1 aliphatic heterocycles. The van der Waals surface area contributed by atoms with E-state index in [0.29, 0.717) is 0 Å². The van der Waals surface area contributed by atoms with Gasteiger partial charge in [0.15, 0.2) is 5.13 Å². The number of urea groups is 1. The van der Waals surface area contributed by atoms with E-state index in [-0.39, 0.29) is 6.03 Å². The van der Waals surface area contributed by atoms with Crippen LogP contribution in [0.5, 0.6) is 0 Å². The molecule has 1 atom stereocenters. The zero-order valence-electron chi connectivity index (χ0n) is 10.7. The summed E-state index contributed by atoms with van der Waals surface area (Å²) in [6.07, 6.45) is 5.65. The van der Waals surface area contributed by atoms with Gasteiger partial charge < -0.3 is 4.90 Å². The Labute approximate surface area is 111 Å². The maximum Gasteiger partial charge on any atom is 0.323 e. The molecule has 2 amide bonds. The first-order valence-electron chi connectivity index (χ1n) is 6.77. The highest BCUT2D eigenvalue weighted by atomic mass is 32.1. The van der Waals surface area contributed by atoms with Crippen molar-refractivity contribution < 1.29 is 4.79 Å². The van der Waals surface area contributed by atoms with Gasteiger partial charge in [-0.2, -0.15) is 0 Å². The maximum absolute atomic E-state index is 12.0. The fourth-order valence-corrected chi connectivity index (χ4v) is 3.84. The number of nitrogens with one attached hydrogen (secondary N) is 1. The van der Waals surface area contributed by atoms with Crippen molar-refractivity contribution in [2.45, 2.75) is 39.0 Å². The van der Waals surface area contributed by atoms with Crippen LogP contribution in [0.15, 0.2) is 0 Å². The molecule has 4 nitrogen and oxygen atoms in total. The molecule has 5 heteroatoms. The predicted octanol–water partition coefficient (Wildman–Crippen LogP) is 2.90. The van der Waals surface area contributed by atoms with Gasteiger partial charge in [-0.25, -0.2) is 9.78 Å². The molecule has 1 N–H and O–H groups in total. The standard InChI is InChI=1S/C13H19N3OS/c1-9-4-5-10-11(8-9)18-12(14-10)15-13(17)16-6-2-3-7-16/h9H,2-8H2,1H3,(H,14,15,17). The van der Waals surface area contributed by atoms with E-state index in [0.717, 1.165) is 49.8 Å².